The molecule has 5 heteroatoms. The van der Waals surface area contributed by atoms with Crippen molar-refractivity contribution in [2.24, 2.45) is 0 Å². The second-order valence-corrected chi connectivity index (χ2v) is 2.35. The van der Waals surface area contributed by atoms with Crippen LogP contribution in [0, 0.1) is 0 Å². The molecule has 0 aliphatic rings. The van der Waals surface area contributed by atoms with E-state index in [0.717, 1.165) is 0 Å². The predicted octanol–water partition coefficient (Wildman–Crippen LogP) is -3.94. The Morgan fingerprint density at radius 1 is 1.46 bits per heavy atom. The van der Waals surface area contributed by atoms with Crippen LogP contribution in [-0.4, -0.2) is 11.1 Å². The zero-order valence-corrected chi connectivity index (χ0v) is 9.23. The number of carbonyl (C=O) groups excluding carboxylic acids is 1. The number of benzene rings is 1. The number of rotatable bonds is 2. The van der Waals surface area contributed by atoms with E-state index in [1.54, 1.807) is 12.1 Å². The van der Waals surface area contributed by atoms with Gasteiger partial charge in [-0.15, -0.1) is 0 Å². The molecule has 1 rings (SSSR count). The summed E-state index contributed by atoms with van der Waals surface area (Å²) in [6.45, 7) is 0. The van der Waals surface area contributed by atoms with Crippen LogP contribution in [0.3, 0.4) is 0 Å². The minimum atomic E-state index is -1.65. The number of hydrogen-bond donors (Lipinski definition) is 2. The van der Waals surface area contributed by atoms with Crippen LogP contribution in [0.1, 0.15) is 11.7 Å². The molecule has 0 aromatic heterocycles. The molecule has 4 nitrogen and oxygen atoms in total. The van der Waals surface area contributed by atoms with E-state index in [4.69, 9.17) is 10.8 Å². The number of carboxylic acid groups (broad SMARTS) is 1. The van der Waals surface area contributed by atoms with Crippen molar-refractivity contribution in [3.8, 4) is 0 Å². The molecule has 1 unspecified atom stereocenters. The predicted molar refractivity (Wildman–Crippen MR) is 40.8 cm³/mol. The van der Waals surface area contributed by atoms with E-state index in [9.17, 15) is 9.90 Å². The Kier molecular flexibility index (Phi) is 5.02. The van der Waals surface area contributed by atoms with Crippen LogP contribution < -0.4 is 40.4 Å². The van der Waals surface area contributed by atoms with Crippen molar-refractivity contribution in [1.29, 1.82) is 0 Å². The Bertz CT molecular complexity index is 303. The summed E-state index contributed by atoms with van der Waals surface area (Å²) in [5.74, 6) is -1.55. The van der Waals surface area contributed by atoms with E-state index in [1.807, 2.05) is 0 Å². The summed E-state index contributed by atoms with van der Waals surface area (Å²) in [4.78, 5) is 10.2. The summed E-state index contributed by atoms with van der Waals surface area (Å²) in [5, 5.41) is 19.3. The van der Waals surface area contributed by atoms with Crippen LogP contribution >= 0.6 is 0 Å². The second-order valence-electron chi connectivity index (χ2n) is 2.35. The smallest absolute Gasteiger partial charge is 0.547 e. The summed E-state index contributed by atoms with van der Waals surface area (Å²) in [7, 11) is 0. The van der Waals surface area contributed by atoms with E-state index in [-0.39, 0.29) is 40.8 Å². The first kappa shape index (κ1) is 12.4. The first-order chi connectivity index (χ1) is 5.63. The normalized spacial score (nSPS) is 11.5. The fourth-order valence-corrected chi connectivity index (χ4v) is 0.887. The monoisotopic (exact) mass is 189 g/mol. The van der Waals surface area contributed by atoms with E-state index >= 15 is 0 Å². The summed E-state index contributed by atoms with van der Waals surface area (Å²) >= 11 is 0. The number of para-hydroxylation sites is 1. The molecule has 0 spiro atoms. The van der Waals surface area contributed by atoms with Gasteiger partial charge in [0.15, 0.2) is 0 Å². The number of aliphatic hydroxyl groups is 1. The van der Waals surface area contributed by atoms with Crippen molar-refractivity contribution < 1.29 is 44.6 Å². The quantitative estimate of drug-likeness (QED) is 0.367. The molecular weight excluding hydrogens is 181 g/mol. The largest absolute Gasteiger partial charge is 1.00 e. The molecule has 0 heterocycles. The number of aliphatic hydroxyl groups excluding tert-OH is 1. The molecule has 13 heavy (non-hydrogen) atoms. The van der Waals surface area contributed by atoms with Crippen molar-refractivity contribution in [2.45, 2.75) is 6.10 Å². The zero-order chi connectivity index (χ0) is 9.14. The summed E-state index contributed by atoms with van der Waals surface area (Å²) in [6.07, 6.45) is -1.65. The fourth-order valence-electron chi connectivity index (χ4n) is 0.887. The average molecular weight is 189 g/mol. The number of carbonyl (C=O) groups is 1. The van der Waals surface area contributed by atoms with Crippen LogP contribution in [0.4, 0.5) is 5.69 Å². The summed E-state index contributed by atoms with van der Waals surface area (Å²) in [5.41, 5.74) is 5.82. The minimum Gasteiger partial charge on any atom is -0.547 e. The van der Waals surface area contributed by atoms with Crippen molar-refractivity contribution in [1.82, 2.24) is 0 Å². The standard InChI is InChI=1S/C8H9NO3.Na/c9-6-4-2-1-3-5(6)7(10)8(11)12;/h1-4,7,10H,9H2,(H,11,12);/q;+1/p-1. The molecule has 0 bridgehead atoms. The van der Waals surface area contributed by atoms with Crippen LogP contribution in [0.15, 0.2) is 24.3 Å². The first-order valence-electron chi connectivity index (χ1n) is 3.36. The average Bonchev–Trinajstić information content (AvgIpc) is 2.04. The van der Waals surface area contributed by atoms with Crippen LogP contribution in [-0.2, 0) is 4.79 Å². The van der Waals surface area contributed by atoms with Crippen molar-refractivity contribution in [3.63, 3.8) is 0 Å². The zero-order valence-electron chi connectivity index (χ0n) is 7.23. The maximum atomic E-state index is 10.2. The summed E-state index contributed by atoms with van der Waals surface area (Å²) < 4.78 is 0. The van der Waals surface area contributed by atoms with Gasteiger partial charge in [0, 0.05) is 11.3 Å². The topological polar surface area (TPSA) is 86.4 Å². The van der Waals surface area contributed by atoms with E-state index in [0.29, 0.717) is 0 Å². The maximum absolute atomic E-state index is 10.2. The number of hydrogen-bond acceptors (Lipinski definition) is 4. The van der Waals surface area contributed by atoms with Gasteiger partial charge >= 0.3 is 29.6 Å². The van der Waals surface area contributed by atoms with Gasteiger partial charge in [0.25, 0.3) is 0 Å². The molecule has 1 atom stereocenters. The molecule has 0 aliphatic carbocycles. The van der Waals surface area contributed by atoms with Crippen molar-refractivity contribution >= 4 is 11.7 Å². The third kappa shape index (κ3) is 3.00. The molecule has 0 fully saturated rings. The number of carboxylic acids is 1. The van der Waals surface area contributed by atoms with Crippen molar-refractivity contribution in [3.05, 3.63) is 29.8 Å². The maximum Gasteiger partial charge on any atom is 1.00 e. The third-order valence-electron chi connectivity index (χ3n) is 1.51. The first-order valence-corrected chi connectivity index (χ1v) is 3.36. The van der Waals surface area contributed by atoms with E-state index in [2.05, 4.69) is 0 Å². The number of aliphatic carboxylic acids is 1. The van der Waals surface area contributed by atoms with Gasteiger partial charge in [-0.3, -0.25) is 0 Å². The Morgan fingerprint density at radius 3 is 2.46 bits per heavy atom. The Balaban J connectivity index is 0.00000144. The molecular formula is C8H8NNaO3. The fraction of sp³-hybridized carbons (Fsp3) is 0.125. The van der Waals surface area contributed by atoms with E-state index < -0.39 is 12.1 Å². The van der Waals surface area contributed by atoms with Crippen molar-refractivity contribution in [2.75, 3.05) is 5.73 Å². The Labute approximate surface area is 97.7 Å². The Hall–Kier alpha value is -0.550. The molecule has 0 aliphatic heterocycles. The van der Waals surface area contributed by atoms with Gasteiger partial charge in [0.1, 0.15) is 6.10 Å². The SMILES string of the molecule is Nc1ccccc1C(O)C(=O)[O-].[Na+]. The van der Waals surface area contributed by atoms with Crippen LogP contribution in [0.5, 0.6) is 0 Å². The van der Waals surface area contributed by atoms with Crippen LogP contribution in [0.25, 0.3) is 0 Å². The molecule has 64 valence electrons. The molecule has 0 saturated heterocycles. The van der Waals surface area contributed by atoms with Crippen LogP contribution in [0.2, 0.25) is 0 Å². The van der Waals surface area contributed by atoms with Gasteiger partial charge in [-0.05, 0) is 6.07 Å². The van der Waals surface area contributed by atoms with Gasteiger partial charge in [-0.2, -0.15) is 0 Å². The summed E-state index contributed by atoms with van der Waals surface area (Å²) in [6, 6.07) is 6.20. The van der Waals surface area contributed by atoms with Gasteiger partial charge in [0.05, 0.1) is 5.97 Å². The molecule has 0 radical (unpaired) electrons. The third-order valence-corrected chi connectivity index (χ3v) is 1.51. The molecule has 1 aromatic rings. The minimum absolute atomic E-state index is 0. The molecule has 0 saturated carbocycles. The Morgan fingerprint density at radius 2 is 2.00 bits per heavy atom. The van der Waals surface area contributed by atoms with Gasteiger partial charge < -0.3 is 20.7 Å². The van der Waals surface area contributed by atoms with Gasteiger partial charge in [0.2, 0.25) is 0 Å². The van der Waals surface area contributed by atoms with Gasteiger partial charge in [-0.1, -0.05) is 18.2 Å². The molecule has 0 amide bonds. The number of nitrogens with two attached hydrogens (primary N) is 1. The second kappa shape index (κ2) is 5.24. The molecule has 3 N–H and O–H groups in total. The van der Waals surface area contributed by atoms with Gasteiger partial charge in [-0.25, -0.2) is 0 Å². The number of nitrogen functional groups attached to an aromatic ring is 1. The number of anilines is 1. The molecule has 1 aromatic carbocycles. The van der Waals surface area contributed by atoms with E-state index in [1.165, 1.54) is 12.1 Å².